The molecule has 0 saturated carbocycles. The molecular formula is C12H13NO3. The third-order valence-electron chi connectivity index (χ3n) is 2.62. The van der Waals surface area contributed by atoms with Crippen LogP contribution in [0.3, 0.4) is 0 Å². The van der Waals surface area contributed by atoms with Gasteiger partial charge in [0.2, 0.25) is 0 Å². The molecule has 0 aliphatic heterocycles. The fraction of sp³-hybridized carbons (Fsp3) is 0.250. The number of carbonyl (C=O) groups is 1. The molecule has 2 aromatic rings. The molecule has 1 amide bonds. The number of nitrogens with one attached hydrogen (secondary N) is 1. The minimum atomic E-state index is -0.501. The lowest BCUT2D eigenvalue weighted by Crippen LogP contribution is -2.10. The lowest BCUT2D eigenvalue weighted by atomic mass is 10.1. The van der Waals surface area contributed by atoms with Gasteiger partial charge in [0, 0.05) is 5.39 Å². The Morgan fingerprint density at radius 3 is 2.81 bits per heavy atom. The first-order valence-electron chi connectivity index (χ1n) is 4.97. The number of anilines is 1. The minimum Gasteiger partial charge on any atom is -0.459 e. The van der Waals surface area contributed by atoms with Gasteiger partial charge in [0.15, 0.2) is 5.58 Å². The lowest BCUT2D eigenvalue weighted by molar-refractivity contribution is 0.187. The van der Waals surface area contributed by atoms with Crippen molar-refractivity contribution in [3.05, 3.63) is 29.5 Å². The molecule has 1 aromatic heterocycles. The van der Waals surface area contributed by atoms with E-state index in [1.807, 2.05) is 26.0 Å². The van der Waals surface area contributed by atoms with Crippen LogP contribution in [0.5, 0.6) is 0 Å². The Morgan fingerprint density at radius 2 is 2.12 bits per heavy atom. The van der Waals surface area contributed by atoms with Gasteiger partial charge in [-0.2, -0.15) is 0 Å². The van der Waals surface area contributed by atoms with E-state index in [1.165, 1.54) is 7.11 Å². The van der Waals surface area contributed by atoms with Crippen molar-refractivity contribution in [1.82, 2.24) is 0 Å². The van der Waals surface area contributed by atoms with Crippen LogP contribution in [0.15, 0.2) is 22.6 Å². The number of rotatable bonds is 1. The van der Waals surface area contributed by atoms with E-state index in [-0.39, 0.29) is 0 Å². The van der Waals surface area contributed by atoms with Gasteiger partial charge in [-0.3, -0.25) is 5.32 Å². The van der Waals surface area contributed by atoms with Gasteiger partial charge < -0.3 is 9.15 Å². The van der Waals surface area contributed by atoms with Gasteiger partial charge in [0.1, 0.15) is 5.76 Å². The fourth-order valence-corrected chi connectivity index (χ4v) is 1.62. The number of hydrogen-bond donors (Lipinski definition) is 1. The molecule has 0 atom stereocenters. The second-order valence-electron chi connectivity index (χ2n) is 3.58. The lowest BCUT2D eigenvalue weighted by Gasteiger charge is -2.03. The predicted molar refractivity (Wildman–Crippen MR) is 61.7 cm³/mol. The van der Waals surface area contributed by atoms with Crippen molar-refractivity contribution in [2.45, 2.75) is 13.8 Å². The maximum absolute atomic E-state index is 11.1. The van der Waals surface area contributed by atoms with Crippen LogP contribution < -0.4 is 5.32 Å². The molecular weight excluding hydrogens is 206 g/mol. The predicted octanol–water partition coefficient (Wildman–Crippen LogP) is 3.23. The van der Waals surface area contributed by atoms with Crippen molar-refractivity contribution in [3.8, 4) is 0 Å². The van der Waals surface area contributed by atoms with E-state index in [0.29, 0.717) is 11.3 Å². The first-order chi connectivity index (χ1) is 7.63. The van der Waals surface area contributed by atoms with Crippen LogP contribution in [0.4, 0.5) is 10.5 Å². The van der Waals surface area contributed by atoms with Gasteiger partial charge in [-0.1, -0.05) is 12.1 Å². The summed E-state index contributed by atoms with van der Waals surface area (Å²) in [5.41, 5.74) is 2.40. The van der Waals surface area contributed by atoms with Crippen molar-refractivity contribution < 1.29 is 13.9 Å². The van der Waals surface area contributed by atoms with Crippen molar-refractivity contribution in [2.24, 2.45) is 0 Å². The van der Waals surface area contributed by atoms with E-state index in [9.17, 15) is 4.79 Å². The summed E-state index contributed by atoms with van der Waals surface area (Å²) in [5, 5.41) is 3.63. The van der Waals surface area contributed by atoms with Gasteiger partial charge in [0.05, 0.1) is 12.8 Å². The van der Waals surface area contributed by atoms with E-state index in [1.54, 1.807) is 6.07 Å². The van der Waals surface area contributed by atoms with Gasteiger partial charge in [-0.05, 0) is 25.5 Å². The molecule has 0 bridgehead atoms. The number of furan rings is 1. The van der Waals surface area contributed by atoms with Crippen LogP contribution >= 0.6 is 0 Å². The highest BCUT2D eigenvalue weighted by atomic mass is 16.5. The Labute approximate surface area is 93.2 Å². The smallest absolute Gasteiger partial charge is 0.411 e. The highest BCUT2D eigenvalue weighted by Crippen LogP contribution is 2.30. The summed E-state index contributed by atoms with van der Waals surface area (Å²) in [7, 11) is 1.33. The summed E-state index contributed by atoms with van der Waals surface area (Å²) < 4.78 is 10.2. The van der Waals surface area contributed by atoms with E-state index in [0.717, 1.165) is 16.7 Å². The number of methoxy groups -OCH3 is 1. The quantitative estimate of drug-likeness (QED) is 0.801. The molecule has 4 heteroatoms. The zero-order valence-electron chi connectivity index (χ0n) is 9.46. The van der Waals surface area contributed by atoms with Crippen LogP contribution in [-0.4, -0.2) is 13.2 Å². The summed E-state index contributed by atoms with van der Waals surface area (Å²) >= 11 is 0. The fourth-order valence-electron chi connectivity index (χ4n) is 1.62. The monoisotopic (exact) mass is 219 g/mol. The maximum atomic E-state index is 11.1. The van der Waals surface area contributed by atoms with Crippen molar-refractivity contribution in [1.29, 1.82) is 0 Å². The molecule has 0 fully saturated rings. The van der Waals surface area contributed by atoms with Crippen molar-refractivity contribution in [3.63, 3.8) is 0 Å². The highest BCUT2D eigenvalue weighted by molar-refractivity contribution is 5.98. The Balaban J connectivity index is 2.54. The Bertz CT molecular complexity index is 542. The summed E-state index contributed by atoms with van der Waals surface area (Å²) in [5.74, 6) is 0.856. The van der Waals surface area contributed by atoms with Gasteiger partial charge in [-0.15, -0.1) is 0 Å². The summed E-state index contributed by atoms with van der Waals surface area (Å²) in [6.45, 7) is 3.89. The SMILES string of the molecule is COC(=O)Nc1cccc2c(C)c(C)oc12. The standard InChI is InChI=1S/C12H13NO3/c1-7-8(2)16-11-9(7)5-4-6-10(11)13-12(14)15-3/h4-6H,1-3H3,(H,13,14). The highest BCUT2D eigenvalue weighted by Gasteiger charge is 2.12. The topological polar surface area (TPSA) is 51.5 Å². The van der Waals surface area contributed by atoms with E-state index in [4.69, 9.17) is 4.42 Å². The molecule has 1 N–H and O–H groups in total. The summed E-state index contributed by atoms with van der Waals surface area (Å²) in [4.78, 5) is 11.1. The molecule has 0 spiro atoms. The number of para-hydroxylation sites is 1. The van der Waals surface area contributed by atoms with Crippen LogP contribution in [0.25, 0.3) is 11.0 Å². The van der Waals surface area contributed by atoms with Crippen LogP contribution in [0.2, 0.25) is 0 Å². The van der Waals surface area contributed by atoms with E-state index >= 15 is 0 Å². The van der Waals surface area contributed by atoms with E-state index < -0.39 is 6.09 Å². The first kappa shape index (κ1) is 10.5. The van der Waals surface area contributed by atoms with Crippen LogP contribution in [0.1, 0.15) is 11.3 Å². The number of hydrogen-bond acceptors (Lipinski definition) is 3. The molecule has 1 aromatic carbocycles. The normalized spacial score (nSPS) is 10.4. The second kappa shape index (κ2) is 3.89. The van der Waals surface area contributed by atoms with Crippen molar-refractivity contribution >= 4 is 22.7 Å². The molecule has 0 aliphatic carbocycles. The zero-order chi connectivity index (χ0) is 11.7. The average Bonchev–Trinajstić information content (AvgIpc) is 2.57. The molecule has 2 rings (SSSR count). The number of amides is 1. The molecule has 0 aliphatic rings. The molecule has 84 valence electrons. The number of fused-ring (bicyclic) bond motifs is 1. The molecule has 1 heterocycles. The number of carbonyl (C=O) groups excluding carboxylic acids is 1. The third kappa shape index (κ3) is 1.62. The summed E-state index contributed by atoms with van der Waals surface area (Å²) in [6.07, 6.45) is -0.501. The molecule has 16 heavy (non-hydrogen) atoms. The first-order valence-corrected chi connectivity index (χ1v) is 4.97. The molecule has 0 saturated heterocycles. The number of aryl methyl sites for hydroxylation is 2. The molecule has 4 nitrogen and oxygen atoms in total. The number of ether oxygens (including phenoxy) is 1. The molecule has 0 radical (unpaired) electrons. The number of benzene rings is 1. The third-order valence-corrected chi connectivity index (χ3v) is 2.62. The second-order valence-corrected chi connectivity index (χ2v) is 3.58. The Kier molecular flexibility index (Phi) is 2.56. The Hall–Kier alpha value is -1.97. The molecule has 0 unspecified atom stereocenters. The van der Waals surface area contributed by atoms with Gasteiger partial charge in [0.25, 0.3) is 0 Å². The maximum Gasteiger partial charge on any atom is 0.411 e. The van der Waals surface area contributed by atoms with Crippen LogP contribution in [-0.2, 0) is 4.74 Å². The van der Waals surface area contributed by atoms with E-state index in [2.05, 4.69) is 10.1 Å². The van der Waals surface area contributed by atoms with Crippen molar-refractivity contribution in [2.75, 3.05) is 12.4 Å². The average molecular weight is 219 g/mol. The summed E-state index contributed by atoms with van der Waals surface area (Å²) in [6, 6.07) is 5.61. The van der Waals surface area contributed by atoms with Gasteiger partial charge >= 0.3 is 6.09 Å². The largest absolute Gasteiger partial charge is 0.459 e. The Morgan fingerprint density at radius 1 is 1.38 bits per heavy atom. The van der Waals surface area contributed by atoms with Gasteiger partial charge in [-0.25, -0.2) is 4.79 Å². The minimum absolute atomic E-state index is 0.501. The van der Waals surface area contributed by atoms with Crippen LogP contribution in [0, 0.1) is 13.8 Å². The zero-order valence-corrected chi connectivity index (χ0v) is 9.46.